The van der Waals surface area contributed by atoms with Crippen molar-refractivity contribution in [2.24, 2.45) is 11.8 Å². The maximum atomic E-state index is 11.7. The summed E-state index contributed by atoms with van der Waals surface area (Å²) in [6.45, 7) is 8.50. The molecule has 2 atom stereocenters. The lowest BCUT2D eigenvalue weighted by molar-refractivity contribution is -0.146. The lowest BCUT2D eigenvalue weighted by Crippen LogP contribution is -2.15. The van der Waals surface area contributed by atoms with Crippen LogP contribution >= 0.6 is 0 Å². The summed E-state index contributed by atoms with van der Waals surface area (Å²) in [7, 11) is 1.93. The fraction of sp³-hybridized carbons (Fsp3) is 0.562. The Bertz CT molecular complexity index is 418. The van der Waals surface area contributed by atoms with Crippen LogP contribution in [0.1, 0.15) is 34.1 Å². The van der Waals surface area contributed by atoms with Gasteiger partial charge in [0.2, 0.25) is 0 Å². The molecular weight excluding hydrogens is 238 g/mol. The van der Waals surface area contributed by atoms with Crippen LogP contribution in [0, 0.1) is 11.8 Å². The van der Waals surface area contributed by atoms with Crippen LogP contribution in [-0.4, -0.2) is 19.6 Å². The van der Waals surface area contributed by atoms with Gasteiger partial charge in [0.05, 0.1) is 5.92 Å². The summed E-state index contributed by atoms with van der Waals surface area (Å²) in [5.74, 6) is 0.215. The summed E-state index contributed by atoms with van der Waals surface area (Å²) in [4.78, 5) is 11.7. The van der Waals surface area contributed by atoms with E-state index in [1.807, 2.05) is 27.0 Å². The van der Waals surface area contributed by atoms with Crippen LogP contribution in [0.3, 0.4) is 0 Å². The molecule has 0 amide bonds. The van der Waals surface area contributed by atoms with Crippen LogP contribution < -0.4 is 5.32 Å². The summed E-state index contributed by atoms with van der Waals surface area (Å²) in [5.41, 5.74) is 3.48. The molecule has 1 N–H and O–H groups in total. The molecule has 3 nitrogen and oxygen atoms in total. The molecule has 0 radical (unpaired) electrons. The summed E-state index contributed by atoms with van der Waals surface area (Å²) >= 11 is 0. The van der Waals surface area contributed by atoms with Gasteiger partial charge in [-0.1, -0.05) is 38.5 Å². The van der Waals surface area contributed by atoms with Gasteiger partial charge in [-0.05, 0) is 25.0 Å². The van der Waals surface area contributed by atoms with Gasteiger partial charge >= 0.3 is 5.97 Å². The minimum absolute atomic E-state index is 0.0289. The molecule has 0 bridgehead atoms. The Morgan fingerprint density at radius 3 is 2.74 bits per heavy atom. The molecule has 0 fully saturated rings. The highest BCUT2D eigenvalue weighted by molar-refractivity contribution is 5.72. The second-order valence-electron chi connectivity index (χ2n) is 5.14. The Morgan fingerprint density at radius 2 is 2.16 bits per heavy atom. The third-order valence-electron chi connectivity index (χ3n) is 3.72. The van der Waals surface area contributed by atoms with Gasteiger partial charge < -0.3 is 10.1 Å². The molecule has 1 aliphatic rings. The molecule has 3 heteroatoms. The Balaban J connectivity index is 2.71. The third-order valence-corrected chi connectivity index (χ3v) is 3.72. The van der Waals surface area contributed by atoms with E-state index < -0.39 is 0 Å². The van der Waals surface area contributed by atoms with E-state index in [0.29, 0.717) is 12.5 Å². The normalized spacial score (nSPS) is 20.7. The average molecular weight is 263 g/mol. The smallest absolute Gasteiger partial charge is 0.308 e. The quantitative estimate of drug-likeness (QED) is 0.774. The third kappa shape index (κ3) is 4.27. The van der Waals surface area contributed by atoms with Crippen LogP contribution in [0.15, 0.2) is 35.1 Å². The van der Waals surface area contributed by atoms with E-state index in [9.17, 15) is 4.79 Å². The van der Waals surface area contributed by atoms with Crippen molar-refractivity contribution in [3.63, 3.8) is 0 Å². The molecule has 1 aliphatic carbocycles. The highest BCUT2D eigenvalue weighted by Crippen LogP contribution is 2.22. The number of hydrogen-bond acceptors (Lipinski definition) is 3. The Kier molecular flexibility index (Phi) is 5.87. The van der Waals surface area contributed by atoms with Crippen molar-refractivity contribution in [2.45, 2.75) is 34.1 Å². The van der Waals surface area contributed by atoms with E-state index in [-0.39, 0.29) is 11.9 Å². The van der Waals surface area contributed by atoms with E-state index >= 15 is 0 Å². The number of esters is 1. The number of carbonyl (C=O) groups is 1. The molecule has 0 saturated heterocycles. The van der Waals surface area contributed by atoms with Gasteiger partial charge in [-0.2, -0.15) is 0 Å². The Hall–Kier alpha value is -1.51. The summed E-state index contributed by atoms with van der Waals surface area (Å²) in [5, 5.41) is 3.20. The van der Waals surface area contributed by atoms with E-state index in [0.717, 1.165) is 12.0 Å². The molecule has 0 aromatic rings. The first kappa shape index (κ1) is 15.5. The first-order chi connectivity index (χ1) is 8.99. The fourth-order valence-electron chi connectivity index (χ4n) is 1.90. The van der Waals surface area contributed by atoms with Gasteiger partial charge in [-0.3, -0.25) is 4.79 Å². The van der Waals surface area contributed by atoms with Crippen molar-refractivity contribution in [2.75, 3.05) is 13.7 Å². The van der Waals surface area contributed by atoms with Gasteiger partial charge in [0.15, 0.2) is 0 Å². The molecule has 19 heavy (non-hydrogen) atoms. The van der Waals surface area contributed by atoms with Crippen molar-refractivity contribution < 1.29 is 9.53 Å². The minimum atomic E-state index is -0.121. The Morgan fingerprint density at radius 1 is 1.47 bits per heavy atom. The van der Waals surface area contributed by atoms with E-state index in [4.69, 9.17) is 4.74 Å². The molecule has 0 aromatic heterocycles. The predicted octanol–water partition coefficient (Wildman–Crippen LogP) is 3.20. The molecular formula is C16H25NO2. The molecule has 0 heterocycles. The first-order valence-electron chi connectivity index (χ1n) is 6.92. The standard InChI is InChI=1S/C16H25NO2/c1-6-11(2)16(18)19-10-14-7-8-15(17-5)13(4)12(3)9-14/h7-9,11,13,17H,6,10H2,1-5H3. The number of rotatable bonds is 5. The average Bonchev–Trinajstić information content (AvgIpc) is 2.55. The fourth-order valence-corrected chi connectivity index (χ4v) is 1.90. The number of nitrogens with one attached hydrogen (secondary N) is 1. The van der Waals surface area contributed by atoms with Crippen LogP contribution in [0.4, 0.5) is 0 Å². The lowest BCUT2D eigenvalue weighted by Gasteiger charge is -2.15. The highest BCUT2D eigenvalue weighted by atomic mass is 16.5. The second kappa shape index (κ2) is 7.17. The summed E-state index contributed by atoms with van der Waals surface area (Å²) in [6, 6.07) is 0. The van der Waals surface area contributed by atoms with Crippen LogP contribution in [0.2, 0.25) is 0 Å². The zero-order chi connectivity index (χ0) is 14.4. The van der Waals surface area contributed by atoms with Crippen LogP contribution in [0.5, 0.6) is 0 Å². The molecule has 0 saturated carbocycles. The van der Waals surface area contributed by atoms with Crippen molar-refractivity contribution in [3.8, 4) is 0 Å². The van der Waals surface area contributed by atoms with E-state index in [2.05, 4.69) is 31.3 Å². The van der Waals surface area contributed by atoms with Crippen LogP contribution in [0.25, 0.3) is 0 Å². The van der Waals surface area contributed by atoms with Crippen molar-refractivity contribution in [1.82, 2.24) is 5.32 Å². The topological polar surface area (TPSA) is 38.3 Å². The predicted molar refractivity (Wildman–Crippen MR) is 78.6 cm³/mol. The van der Waals surface area contributed by atoms with Gasteiger partial charge in [0.1, 0.15) is 6.61 Å². The SMILES string of the molecule is CCC(C)C(=O)OCC1=CC=C(NC)C(C)C(C)=C1. The van der Waals surface area contributed by atoms with E-state index in [1.54, 1.807) is 0 Å². The highest BCUT2D eigenvalue weighted by Gasteiger charge is 2.15. The summed E-state index contributed by atoms with van der Waals surface area (Å²) in [6.07, 6.45) is 7.00. The Labute approximate surface area is 116 Å². The van der Waals surface area contributed by atoms with Gasteiger partial charge in [-0.25, -0.2) is 0 Å². The number of carbonyl (C=O) groups excluding carboxylic acids is 1. The monoisotopic (exact) mass is 263 g/mol. The molecule has 0 spiro atoms. The second-order valence-corrected chi connectivity index (χ2v) is 5.14. The molecule has 2 unspecified atom stereocenters. The first-order valence-corrected chi connectivity index (χ1v) is 6.92. The lowest BCUT2D eigenvalue weighted by atomic mass is 9.99. The van der Waals surface area contributed by atoms with Gasteiger partial charge in [0, 0.05) is 18.7 Å². The molecule has 106 valence electrons. The number of allylic oxidation sites excluding steroid dienone is 3. The largest absolute Gasteiger partial charge is 0.461 e. The molecule has 1 rings (SSSR count). The number of ether oxygens (including phenoxy) is 1. The van der Waals surface area contributed by atoms with Crippen molar-refractivity contribution >= 4 is 5.97 Å². The maximum absolute atomic E-state index is 11.7. The van der Waals surface area contributed by atoms with Crippen LogP contribution in [-0.2, 0) is 9.53 Å². The maximum Gasteiger partial charge on any atom is 0.308 e. The minimum Gasteiger partial charge on any atom is -0.461 e. The zero-order valence-electron chi connectivity index (χ0n) is 12.6. The molecule has 0 aliphatic heterocycles. The zero-order valence-corrected chi connectivity index (χ0v) is 12.6. The van der Waals surface area contributed by atoms with Gasteiger partial charge in [-0.15, -0.1) is 0 Å². The molecule has 0 aromatic carbocycles. The van der Waals surface area contributed by atoms with Gasteiger partial charge in [0.25, 0.3) is 0 Å². The van der Waals surface area contributed by atoms with Crippen molar-refractivity contribution in [3.05, 3.63) is 35.1 Å². The summed E-state index contributed by atoms with van der Waals surface area (Å²) < 4.78 is 5.34. The number of hydrogen-bond donors (Lipinski definition) is 1. The van der Waals surface area contributed by atoms with Crippen molar-refractivity contribution in [1.29, 1.82) is 0 Å². The van der Waals surface area contributed by atoms with E-state index in [1.165, 1.54) is 11.3 Å².